The molecule has 0 aliphatic rings. The largest absolute Gasteiger partial charge is 0.482 e. The summed E-state index contributed by atoms with van der Waals surface area (Å²) >= 11 is 0. The summed E-state index contributed by atoms with van der Waals surface area (Å²) in [6, 6.07) is 15.8. The molecule has 0 bridgehead atoms. The number of benzene rings is 2. The van der Waals surface area contributed by atoms with Gasteiger partial charge in [0.25, 0.3) is 0 Å². The van der Waals surface area contributed by atoms with E-state index >= 15 is 0 Å². The van der Waals surface area contributed by atoms with Crippen molar-refractivity contribution < 1.29 is 23.8 Å². The zero-order chi connectivity index (χ0) is 21.2. The first-order valence-electron chi connectivity index (χ1n) is 9.25. The molecular formula is C23H23NO5. The van der Waals surface area contributed by atoms with Gasteiger partial charge in [0.15, 0.2) is 6.61 Å². The molecule has 2 aromatic carbocycles. The molecule has 0 heterocycles. The fraction of sp³-hybridized carbons (Fsp3) is 0.261. The standard InChI is InChI=1S/C23H23NO5/c1-4-27-23(26)19(14-24)11-17-7-5-10-21(12-17)29-22(25)15-28-20-9-6-8-18(13-20)16(2)3/h5-13,16H,4,15H2,1-3H3/b19-11+. The highest BCUT2D eigenvalue weighted by Gasteiger charge is 2.11. The van der Waals surface area contributed by atoms with Gasteiger partial charge in [-0.25, -0.2) is 9.59 Å². The zero-order valence-corrected chi connectivity index (χ0v) is 16.7. The molecular weight excluding hydrogens is 370 g/mol. The minimum Gasteiger partial charge on any atom is -0.482 e. The highest BCUT2D eigenvalue weighted by atomic mass is 16.6. The molecule has 0 spiro atoms. The Balaban J connectivity index is 2.01. The van der Waals surface area contributed by atoms with Gasteiger partial charge in [-0.3, -0.25) is 0 Å². The van der Waals surface area contributed by atoms with E-state index in [-0.39, 0.29) is 24.5 Å². The topological polar surface area (TPSA) is 85.6 Å². The van der Waals surface area contributed by atoms with Crippen molar-refractivity contribution in [1.82, 2.24) is 0 Å². The second-order valence-corrected chi connectivity index (χ2v) is 6.45. The van der Waals surface area contributed by atoms with Gasteiger partial charge in [-0.1, -0.05) is 38.1 Å². The maximum atomic E-state index is 12.1. The van der Waals surface area contributed by atoms with Crippen LogP contribution in [0.4, 0.5) is 0 Å². The van der Waals surface area contributed by atoms with Gasteiger partial charge >= 0.3 is 11.9 Å². The molecule has 0 unspecified atom stereocenters. The lowest BCUT2D eigenvalue weighted by atomic mass is 10.0. The van der Waals surface area contributed by atoms with Gasteiger partial charge in [0.1, 0.15) is 23.1 Å². The molecule has 2 aromatic rings. The lowest BCUT2D eigenvalue weighted by molar-refractivity contribution is -0.138. The lowest BCUT2D eigenvalue weighted by Crippen LogP contribution is -2.17. The van der Waals surface area contributed by atoms with Crippen LogP contribution in [0.5, 0.6) is 11.5 Å². The van der Waals surface area contributed by atoms with E-state index in [0.29, 0.717) is 17.2 Å². The molecule has 0 saturated heterocycles. The fourth-order valence-electron chi connectivity index (χ4n) is 2.45. The summed E-state index contributed by atoms with van der Waals surface area (Å²) in [5.74, 6) is -0.0297. The van der Waals surface area contributed by atoms with E-state index in [1.165, 1.54) is 6.08 Å². The highest BCUT2D eigenvalue weighted by molar-refractivity contribution is 5.97. The third-order valence-corrected chi connectivity index (χ3v) is 3.90. The van der Waals surface area contributed by atoms with E-state index in [9.17, 15) is 9.59 Å². The maximum absolute atomic E-state index is 12.1. The van der Waals surface area contributed by atoms with Crippen molar-refractivity contribution in [2.75, 3.05) is 13.2 Å². The fourth-order valence-corrected chi connectivity index (χ4v) is 2.45. The SMILES string of the molecule is CCOC(=O)/C(C#N)=C/c1cccc(OC(=O)COc2cccc(C(C)C)c2)c1. The van der Waals surface area contributed by atoms with Gasteiger partial charge in [-0.15, -0.1) is 0 Å². The average molecular weight is 393 g/mol. The average Bonchev–Trinajstić information content (AvgIpc) is 2.71. The van der Waals surface area contributed by atoms with Crippen LogP contribution in [0, 0.1) is 11.3 Å². The van der Waals surface area contributed by atoms with E-state index in [1.807, 2.05) is 18.2 Å². The normalized spacial score (nSPS) is 10.9. The molecule has 6 heteroatoms. The van der Waals surface area contributed by atoms with E-state index in [1.54, 1.807) is 43.3 Å². The third kappa shape index (κ3) is 6.82. The first kappa shape index (κ1) is 21.7. The Morgan fingerprint density at radius 1 is 1.10 bits per heavy atom. The molecule has 0 aliphatic heterocycles. The van der Waals surface area contributed by atoms with Gasteiger partial charge in [0, 0.05) is 0 Å². The monoisotopic (exact) mass is 393 g/mol. The van der Waals surface area contributed by atoms with Gasteiger partial charge in [0.05, 0.1) is 6.61 Å². The van der Waals surface area contributed by atoms with Crippen LogP contribution in [0.3, 0.4) is 0 Å². The summed E-state index contributed by atoms with van der Waals surface area (Å²) in [6.45, 7) is 5.75. The lowest BCUT2D eigenvalue weighted by Gasteiger charge is -2.10. The Hall–Kier alpha value is -3.59. The van der Waals surface area contributed by atoms with Crippen molar-refractivity contribution in [3.63, 3.8) is 0 Å². The number of carbonyl (C=O) groups is 2. The molecule has 29 heavy (non-hydrogen) atoms. The number of rotatable bonds is 8. The summed E-state index contributed by atoms with van der Waals surface area (Å²) in [4.78, 5) is 23.8. The second-order valence-electron chi connectivity index (χ2n) is 6.45. The van der Waals surface area contributed by atoms with Crippen molar-refractivity contribution in [2.45, 2.75) is 26.7 Å². The molecule has 0 fully saturated rings. The molecule has 0 N–H and O–H groups in total. The predicted molar refractivity (Wildman–Crippen MR) is 108 cm³/mol. The van der Waals surface area contributed by atoms with Crippen LogP contribution in [0.15, 0.2) is 54.1 Å². The first-order chi connectivity index (χ1) is 13.9. The van der Waals surface area contributed by atoms with Crippen LogP contribution in [0.1, 0.15) is 37.8 Å². The smallest absolute Gasteiger partial charge is 0.349 e. The van der Waals surface area contributed by atoms with E-state index in [4.69, 9.17) is 19.5 Å². The predicted octanol–water partition coefficient (Wildman–Crippen LogP) is 4.26. The number of carbonyl (C=O) groups excluding carboxylic acids is 2. The van der Waals surface area contributed by atoms with Crippen molar-refractivity contribution >= 4 is 18.0 Å². The van der Waals surface area contributed by atoms with E-state index in [2.05, 4.69) is 13.8 Å². The molecule has 0 aromatic heterocycles. The number of ether oxygens (including phenoxy) is 3. The van der Waals surface area contributed by atoms with Gasteiger partial charge in [-0.05, 0) is 54.3 Å². The third-order valence-electron chi connectivity index (χ3n) is 3.90. The Morgan fingerprint density at radius 2 is 1.83 bits per heavy atom. The number of hydrogen-bond donors (Lipinski definition) is 0. The minimum absolute atomic E-state index is 0.135. The molecule has 2 rings (SSSR count). The van der Waals surface area contributed by atoms with Crippen LogP contribution in [0.25, 0.3) is 6.08 Å². The molecule has 0 amide bonds. The summed E-state index contributed by atoms with van der Waals surface area (Å²) in [7, 11) is 0. The van der Waals surface area contributed by atoms with Crippen LogP contribution in [0.2, 0.25) is 0 Å². The summed E-state index contributed by atoms with van der Waals surface area (Å²) in [5.41, 5.74) is 1.51. The Labute approximate surface area is 170 Å². The van der Waals surface area contributed by atoms with Crippen molar-refractivity contribution in [3.05, 3.63) is 65.2 Å². The Morgan fingerprint density at radius 3 is 2.52 bits per heavy atom. The molecule has 0 radical (unpaired) electrons. The highest BCUT2D eigenvalue weighted by Crippen LogP contribution is 2.20. The van der Waals surface area contributed by atoms with Crippen LogP contribution >= 0.6 is 0 Å². The maximum Gasteiger partial charge on any atom is 0.349 e. The molecule has 0 atom stereocenters. The minimum atomic E-state index is -0.700. The summed E-state index contributed by atoms with van der Waals surface area (Å²) in [6.07, 6.45) is 1.38. The van der Waals surface area contributed by atoms with Gasteiger partial charge < -0.3 is 14.2 Å². The summed E-state index contributed by atoms with van der Waals surface area (Å²) < 4.78 is 15.6. The number of nitriles is 1. The first-order valence-corrected chi connectivity index (χ1v) is 9.25. The van der Waals surface area contributed by atoms with E-state index in [0.717, 1.165) is 5.56 Å². The number of nitrogens with zero attached hydrogens (tertiary/aromatic N) is 1. The number of hydrogen-bond acceptors (Lipinski definition) is 6. The molecule has 150 valence electrons. The van der Waals surface area contributed by atoms with E-state index < -0.39 is 11.9 Å². The van der Waals surface area contributed by atoms with Crippen molar-refractivity contribution in [2.24, 2.45) is 0 Å². The quantitative estimate of drug-likeness (QED) is 0.288. The Bertz CT molecular complexity index is 940. The van der Waals surface area contributed by atoms with Crippen molar-refractivity contribution in [3.8, 4) is 17.6 Å². The summed E-state index contributed by atoms with van der Waals surface area (Å²) in [5, 5.41) is 9.11. The second kappa shape index (κ2) is 10.7. The van der Waals surface area contributed by atoms with Gasteiger partial charge in [0.2, 0.25) is 0 Å². The van der Waals surface area contributed by atoms with Gasteiger partial charge in [-0.2, -0.15) is 5.26 Å². The zero-order valence-electron chi connectivity index (χ0n) is 16.7. The molecule has 6 nitrogen and oxygen atoms in total. The molecule has 0 saturated carbocycles. The van der Waals surface area contributed by atoms with Crippen LogP contribution < -0.4 is 9.47 Å². The number of esters is 2. The van der Waals surface area contributed by atoms with Crippen molar-refractivity contribution in [1.29, 1.82) is 5.26 Å². The molecule has 0 aliphatic carbocycles. The Kier molecular flexibility index (Phi) is 7.99. The van der Waals surface area contributed by atoms with Crippen LogP contribution in [-0.2, 0) is 14.3 Å². The van der Waals surface area contributed by atoms with Crippen LogP contribution in [-0.4, -0.2) is 25.2 Å².